The summed E-state index contributed by atoms with van der Waals surface area (Å²) in [5.74, 6) is -0.725. The summed E-state index contributed by atoms with van der Waals surface area (Å²) < 4.78 is 5.39. The molecular formula is C26H25N3O4. The first kappa shape index (κ1) is 22.1. The van der Waals surface area contributed by atoms with Gasteiger partial charge in [0.2, 0.25) is 0 Å². The lowest BCUT2D eigenvalue weighted by Gasteiger charge is -2.28. The number of benzene rings is 3. The van der Waals surface area contributed by atoms with Crippen molar-refractivity contribution in [2.45, 2.75) is 0 Å². The molecule has 7 heteroatoms. The van der Waals surface area contributed by atoms with Crippen molar-refractivity contribution >= 4 is 29.3 Å². The van der Waals surface area contributed by atoms with Crippen molar-refractivity contribution in [3.63, 3.8) is 0 Å². The van der Waals surface area contributed by atoms with Crippen LogP contribution in [0.15, 0.2) is 84.6 Å². The maximum atomic E-state index is 13.1. The summed E-state index contributed by atoms with van der Waals surface area (Å²) in [4.78, 5) is 28.0. The first-order chi connectivity index (χ1) is 16.1. The standard InChI is InChI=1S/C26H25N3O4/c30-23-12-6-19(7-13-23)18-24(28-25(31)20-4-2-1-3-5-20)26(32)27-21-8-10-22(11-9-21)29-14-16-33-17-15-29/h1-13,18,30H,14-17H2,(H,27,32)(H,28,31). The molecule has 0 aromatic heterocycles. The highest BCUT2D eigenvalue weighted by molar-refractivity contribution is 6.10. The molecule has 1 saturated heterocycles. The number of carbonyl (C=O) groups excluding carboxylic acids is 2. The summed E-state index contributed by atoms with van der Waals surface area (Å²) >= 11 is 0. The van der Waals surface area contributed by atoms with Crippen molar-refractivity contribution in [1.82, 2.24) is 5.32 Å². The van der Waals surface area contributed by atoms with Gasteiger partial charge in [0.15, 0.2) is 0 Å². The number of carbonyl (C=O) groups is 2. The third-order valence-corrected chi connectivity index (χ3v) is 5.23. The molecule has 168 valence electrons. The molecule has 0 bridgehead atoms. The fourth-order valence-corrected chi connectivity index (χ4v) is 3.46. The second-order valence-electron chi connectivity index (χ2n) is 7.57. The van der Waals surface area contributed by atoms with Gasteiger partial charge in [0.1, 0.15) is 11.4 Å². The summed E-state index contributed by atoms with van der Waals surface area (Å²) in [5, 5.41) is 15.1. The number of hydrogen-bond donors (Lipinski definition) is 3. The van der Waals surface area contributed by atoms with Crippen LogP contribution < -0.4 is 15.5 Å². The zero-order chi connectivity index (χ0) is 23.0. The first-order valence-corrected chi connectivity index (χ1v) is 10.7. The SMILES string of the molecule is O=C(Nc1ccc(N2CCOCC2)cc1)C(=Cc1ccc(O)cc1)NC(=O)c1ccccc1. The smallest absolute Gasteiger partial charge is 0.272 e. The molecule has 1 aliphatic heterocycles. The van der Waals surface area contributed by atoms with Gasteiger partial charge in [-0.2, -0.15) is 0 Å². The monoisotopic (exact) mass is 443 g/mol. The number of phenols is 1. The zero-order valence-corrected chi connectivity index (χ0v) is 18.0. The molecule has 1 heterocycles. The van der Waals surface area contributed by atoms with E-state index in [2.05, 4.69) is 15.5 Å². The minimum Gasteiger partial charge on any atom is -0.508 e. The Morgan fingerprint density at radius 1 is 0.879 bits per heavy atom. The Hall–Kier alpha value is -4.10. The highest BCUT2D eigenvalue weighted by Gasteiger charge is 2.16. The second kappa shape index (κ2) is 10.5. The van der Waals surface area contributed by atoms with Gasteiger partial charge in [-0.1, -0.05) is 30.3 Å². The van der Waals surface area contributed by atoms with E-state index in [0.29, 0.717) is 30.0 Å². The van der Waals surface area contributed by atoms with Crippen LogP contribution in [0.25, 0.3) is 6.08 Å². The fraction of sp³-hybridized carbons (Fsp3) is 0.154. The summed E-state index contributed by atoms with van der Waals surface area (Å²) in [5.41, 5.74) is 2.87. The molecule has 0 radical (unpaired) electrons. The third-order valence-electron chi connectivity index (χ3n) is 5.23. The van der Waals surface area contributed by atoms with Crippen molar-refractivity contribution in [3.05, 3.63) is 95.7 Å². The molecule has 0 unspecified atom stereocenters. The highest BCUT2D eigenvalue weighted by Crippen LogP contribution is 2.20. The largest absolute Gasteiger partial charge is 0.508 e. The molecule has 2 amide bonds. The molecule has 7 nitrogen and oxygen atoms in total. The van der Waals surface area contributed by atoms with Crippen molar-refractivity contribution in [2.24, 2.45) is 0 Å². The maximum absolute atomic E-state index is 13.1. The maximum Gasteiger partial charge on any atom is 0.272 e. The number of ether oxygens (including phenoxy) is 1. The molecule has 0 atom stereocenters. The molecule has 3 N–H and O–H groups in total. The van der Waals surface area contributed by atoms with Gasteiger partial charge >= 0.3 is 0 Å². The number of morpholine rings is 1. The van der Waals surface area contributed by atoms with Gasteiger partial charge in [0, 0.05) is 30.0 Å². The Morgan fingerprint density at radius 3 is 2.21 bits per heavy atom. The average Bonchev–Trinajstić information content (AvgIpc) is 2.86. The predicted molar refractivity (Wildman–Crippen MR) is 128 cm³/mol. The fourth-order valence-electron chi connectivity index (χ4n) is 3.46. The quantitative estimate of drug-likeness (QED) is 0.506. The summed E-state index contributed by atoms with van der Waals surface area (Å²) in [7, 11) is 0. The number of rotatable bonds is 6. The van der Waals surface area contributed by atoms with Crippen molar-refractivity contribution in [1.29, 1.82) is 0 Å². The molecule has 1 aliphatic rings. The lowest BCUT2D eigenvalue weighted by molar-refractivity contribution is -0.113. The number of nitrogens with one attached hydrogen (secondary N) is 2. The zero-order valence-electron chi connectivity index (χ0n) is 18.0. The average molecular weight is 444 g/mol. The highest BCUT2D eigenvalue weighted by atomic mass is 16.5. The lowest BCUT2D eigenvalue weighted by atomic mass is 10.1. The van der Waals surface area contributed by atoms with Gasteiger partial charge in [-0.3, -0.25) is 9.59 Å². The van der Waals surface area contributed by atoms with Gasteiger partial charge in [-0.15, -0.1) is 0 Å². The van der Waals surface area contributed by atoms with Crippen molar-refractivity contribution in [3.8, 4) is 5.75 Å². The van der Waals surface area contributed by atoms with Crippen LogP contribution in [-0.2, 0) is 9.53 Å². The van der Waals surface area contributed by atoms with E-state index in [0.717, 1.165) is 18.8 Å². The number of hydrogen-bond acceptors (Lipinski definition) is 5. The normalized spacial score (nSPS) is 13.9. The van der Waals surface area contributed by atoms with E-state index in [1.807, 2.05) is 30.3 Å². The number of nitrogens with zero attached hydrogens (tertiary/aromatic N) is 1. The van der Waals surface area contributed by atoms with Crippen LogP contribution in [0, 0.1) is 0 Å². The lowest BCUT2D eigenvalue weighted by Crippen LogP contribution is -2.36. The topological polar surface area (TPSA) is 90.9 Å². The Bertz CT molecular complexity index is 1120. The van der Waals surface area contributed by atoms with Crippen LogP contribution in [0.2, 0.25) is 0 Å². The van der Waals surface area contributed by atoms with Gasteiger partial charge < -0.3 is 25.4 Å². The van der Waals surface area contributed by atoms with Crippen LogP contribution in [0.5, 0.6) is 5.75 Å². The summed E-state index contributed by atoms with van der Waals surface area (Å²) in [6.45, 7) is 3.06. The van der Waals surface area contributed by atoms with Crippen LogP contribution >= 0.6 is 0 Å². The van der Waals surface area contributed by atoms with E-state index in [1.165, 1.54) is 12.1 Å². The van der Waals surface area contributed by atoms with Crippen LogP contribution in [0.3, 0.4) is 0 Å². The molecule has 3 aromatic rings. The molecular weight excluding hydrogens is 418 g/mol. The Morgan fingerprint density at radius 2 is 1.55 bits per heavy atom. The molecule has 33 heavy (non-hydrogen) atoms. The number of aromatic hydroxyl groups is 1. The van der Waals surface area contributed by atoms with Crippen LogP contribution in [0.1, 0.15) is 15.9 Å². The first-order valence-electron chi connectivity index (χ1n) is 10.7. The van der Waals surface area contributed by atoms with Gasteiger partial charge in [-0.05, 0) is 60.2 Å². The Balaban J connectivity index is 1.52. The molecule has 0 aliphatic carbocycles. The van der Waals surface area contributed by atoms with Crippen LogP contribution in [0.4, 0.5) is 11.4 Å². The molecule has 4 rings (SSSR count). The van der Waals surface area contributed by atoms with Gasteiger partial charge in [0.25, 0.3) is 11.8 Å². The number of anilines is 2. The predicted octanol–water partition coefficient (Wildman–Crippen LogP) is 3.64. The van der Waals surface area contributed by atoms with E-state index in [9.17, 15) is 14.7 Å². The minimum atomic E-state index is -0.452. The number of amides is 2. The van der Waals surface area contributed by atoms with Crippen molar-refractivity contribution < 1.29 is 19.4 Å². The van der Waals surface area contributed by atoms with E-state index in [4.69, 9.17) is 4.74 Å². The molecule has 1 fully saturated rings. The Labute approximate surface area is 192 Å². The van der Waals surface area contributed by atoms with E-state index >= 15 is 0 Å². The molecule has 0 spiro atoms. The molecule has 0 saturated carbocycles. The van der Waals surface area contributed by atoms with Crippen molar-refractivity contribution in [2.75, 3.05) is 36.5 Å². The van der Waals surface area contributed by atoms with Gasteiger partial charge in [0.05, 0.1) is 13.2 Å². The van der Waals surface area contributed by atoms with E-state index < -0.39 is 11.8 Å². The van der Waals surface area contributed by atoms with E-state index in [-0.39, 0.29) is 11.4 Å². The van der Waals surface area contributed by atoms with Crippen LogP contribution in [-0.4, -0.2) is 43.2 Å². The second-order valence-corrected chi connectivity index (χ2v) is 7.57. The summed E-state index contributed by atoms with van der Waals surface area (Å²) in [6.07, 6.45) is 1.57. The minimum absolute atomic E-state index is 0.0896. The molecule has 3 aromatic carbocycles. The third kappa shape index (κ3) is 5.99. The Kier molecular flexibility index (Phi) is 7.02. The van der Waals surface area contributed by atoms with Gasteiger partial charge in [-0.25, -0.2) is 0 Å². The number of phenolic OH excluding ortho intramolecular Hbond substituents is 1. The summed E-state index contributed by atoms with van der Waals surface area (Å²) in [6, 6.07) is 22.6. The van der Waals surface area contributed by atoms with E-state index in [1.54, 1.807) is 42.5 Å².